The molecule has 1 amide bonds. The fourth-order valence-corrected chi connectivity index (χ4v) is 2.69. The first-order valence-corrected chi connectivity index (χ1v) is 7.34. The Morgan fingerprint density at radius 2 is 1.95 bits per heavy atom. The number of hydrogen-bond acceptors (Lipinski definition) is 4. The van der Waals surface area contributed by atoms with Gasteiger partial charge in [0.25, 0.3) is 0 Å². The van der Waals surface area contributed by atoms with Crippen molar-refractivity contribution in [2.75, 3.05) is 20.2 Å². The number of amides is 1. The molecule has 116 valence electrons. The lowest BCUT2D eigenvalue weighted by atomic mass is 9.74. The van der Waals surface area contributed by atoms with Crippen LogP contribution in [0.5, 0.6) is 0 Å². The molecule has 1 fully saturated rings. The second-order valence-corrected chi connectivity index (χ2v) is 6.61. The van der Waals surface area contributed by atoms with E-state index in [-0.39, 0.29) is 23.7 Å². The van der Waals surface area contributed by atoms with Gasteiger partial charge in [-0.25, -0.2) is 0 Å². The summed E-state index contributed by atoms with van der Waals surface area (Å²) in [6.45, 7) is 8.98. The highest BCUT2D eigenvalue weighted by Gasteiger charge is 2.41. The molecule has 2 N–H and O–H groups in total. The molecule has 1 aliphatic rings. The fourth-order valence-electron chi connectivity index (χ4n) is 2.69. The number of methoxy groups -OCH3 is 1. The fraction of sp³-hybridized carbons (Fsp3) is 0.867. The standard InChI is InChI=1S/C15H28N2O3/c1-10(2)12(16)13(18)17-8-6-7-11(9-17)15(3,4)14(19)20-5/h10-12H,6-9,16H2,1-5H3/t11-,12-/m0/s1. The molecule has 1 aliphatic heterocycles. The number of esters is 1. The predicted octanol–water partition coefficient (Wildman–Crippen LogP) is 1.41. The summed E-state index contributed by atoms with van der Waals surface area (Å²) in [6.07, 6.45) is 1.84. The van der Waals surface area contributed by atoms with Gasteiger partial charge in [-0.1, -0.05) is 13.8 Å². The lowest BCUT2D eigenvalue weighted by molar-refractivity contribution is -0.157. The molecule has 0 aromatic rings. The third kappa shape index (κ3) is 3.51. The van der Waals surface area contributed by atoms with Crippen LogP contribution < -0.4 is 5.73 Å². The molecule has 0 radical (unpaired) electrons. The summed E-state index contributed by atoms with van der Waals surface area (Å²) < 4.78 is 4.88. The molecule has 0 spiro atoms. The predicted molar refractivity (Wildman–Crippen MR) is 77.9 cm³/mol. The van der Waals surface area contributed by atoms with E-state index in [1.165, 1.54) is 7.11 Å². The van der Waals surface area contributed by atoms with Gasteiger partial charge in [0.1, 0.15) is 0 Å². The normalized spacial score (nSPS) is 21.8. The number of nitrogens with zero attached hydrogens (tertiary/aromatic N) is 1. The number of carbonyl (C=O) groups is 2. The summed E-state index contributed by atoms with van der Waals surface area (Å²) in [5.74, 6) is 0.0128. The van der Waals surface area contributed by atoms with Crippen molar-refractivity contribution in [3.8, 4) is 0 Å². The van der Waals surface area contributed by atoms with Gasteiger partial charge in [0, 0.05) is 13.1 Å². The highest BCUT2D eigenvalue weighted by Crippen LogP contribution is 2.35. The van der Waals surface area contributed by atoms with Gasteiger partial charge < -0.3 is 15.4 Å². The zero-order chi connectivity index (χ0) is 15.5. The molecule has 5 nitrogen and oxygen atoms in total. The minimum absolute atomic E-state index is 0.00892. The molecule has 5 heteroatoms. The molecule has 1 rings (SSSR count). The zero-order valence-corrected chi connectivity index (χ0v) is 13.3. The molecule has 1 heterocycles. The summed E-state index contributed by atoms with van der Waals surface area (Å²) in [5, 5.41) is 0. The van der Waals surface area contributed by atoms with Crippen LogP contribution in [0, 0.1) is 17.3 Å². The van der Waals surface area contributed by atoms with Gasteiger partial charge >= 0.3 is 5.97 Å². The van der Waals surface area contributed by atoms with Crippen LogP contribution in [0.4, 0.5) is 0 Å². The monoisotopic (exact) mass is 284 g/mol. The molecule has 1 saturated heterocycles. The van der Waals surface area contributed by atoms with E-state index in [4.69, 9.17) is 10.5 Å². The van der Waals surface area contributed by atoms with Crippen LogP contribution in [0.15, 0.2) is 0 Å². The number of likely N-dealkylation sites (tertiary alicyclic amines) is 1. The molecular weight excluding hydrogens is 256 g/mol. The molecular formula is C15H28N2O3. The van der Waals surface area contributed by atoms with Crippen LogP contribution in [-0.4, -0.2) is 43.0 Å². The van der Waals surface area contributed by atoms with Crippen molar-refractivity contribution in [3.63, 3.8) is 0 Å². The first kappa shape index (κ1) is 17.0. The maximum absolute atomic E-state index is 12.3. The molecule has 0 aliphatic carbocycles. The van der Waals surface area contributed by atoms with Gasteiger partial charge in [0.15, 0.2) is 0 Å². The number of piperidine rings is 1. The van der Waals surface area contributed by atoms with Crippen molar-refractivity contribution < 1.29 is 14.3 Å². The number of hydrogen-bond donors (Lipinski definition) is 1. The summed E-state index contributed by atoms with van der Waals surface area (Å²) in [7, 11) is 1.41. The minimum atomic E-state index is -0.574. The number of rotatable bonds is 4. The van der Waals surface area contributed by atoms with Crippen LogP contribution >= 0.6 is 0 Å². The van der Waals surface area contributed by atoms with Gasteiger partial charge in [0.2, 0.25) is 5.91 Å². The van der Waals surface area contributed by atoms with Gasteiger partial charge in [-0.15, -0.1) is 0 Å². The molecule has 0 aromatic carbocycles. The maximum atomic E-state index is 12.3. The van der Waals surface area contributed by atoms with E-state index in [0.29, 0.717) is 6.54 Å². The first-order chi connectivity index (χ1) is 9.21. The minimum Gasteiger partial charge on any atom is -0.469 e. The van der Waals surface area contributed by atoms with Crippen molar-refractivity contribution in [1.29, 1.82) is 0 Å². The number of carbonyl (C=O) groups excluding carboxylic acids is 2. The van der Waals surface area contributed by atoms with E-state index in [9.17, 15) is 9.59 Å². The second kappa shape index (κ2) is 6.57. The lowest BCUT2D eigenvalue weighted by Crippen LogP contribution is -2.52. The molecule has 20 heavy (non-hydrogen) atoms. The van der Waals surface area contributed by atoms with E-state index < -0.39 is 11.5 Å². The number of ether oxygens (including phenoxy) is 1. The molecule has 0 unspecified atom stereocenters. The zero-order valence-electron chi connectivity index (χ0n) is 13.3. The third-order valence-electron chi connectivity index (χ3n) is 4.47. The summed E-state index contributed by atoms with van der Waals surface area (Å²) >= 11 is 0. The Kier molecular flexibility index (Phi) is 5.57. The van der Waals surface area contributed by atoms with Crippen LogP contribution in [-0.2, 0) is 14.3 Å². The Balaban J connectivity index is 2.77. The Morgan fingerprint density at radius 1 is 1.35 bits per heavy atom. The van der Waals surface area contributed by atoms with Crippen molar-refractivity contribution in [2.45, 2.75) is 46.6 Å². The highest BCUT2D eigenvalue weighted by molar-refractivity contribution is 5.82. The Bertz CT molecular complexity index is 366. The Hall–Kier alpha value is -1.10. The average Bonchev–Trinajstić information content (AvgIpc) is 2.44. The lowest BCUT2D eigenvalue weighted by Gasteiger charge is -2.40. The van der Waals surface area contributed by atoms with Crippen molar-refractivity contribution in [1.82, 2.24) is 4.90 Å². The quantitative estimate of drug-likeness (QED) is 0.792. The summed E-state index contributed by atoms with van der Waals surface area (Å²) in [4.78, 5) is 26.0. The van der Waals surface area contributed by atoms with Gasteiger partial charge in [0.05, 0.1) is 18.6 Å². The summed E-state index contributed by atoms with van der Waals surface area (Å²) in [6, 6.07) is -0.463. The Labute approximate surface area is 121 Å². The topological polar surface area (TPSA) is 72.6 Å². The molecule has 0 saturated carbocycles. The average molecular weight is 284 g/mol. The molecule has 0 bridgehead atoms. The van der Waals surface area contributed by atoms with Crippen molar-refractivity contribution >= 4 is 11.9 Å². The van der Waals surface area contributed by atoms with E-state index >= 15 is 0 Å². The van der Waals surface area contributed by atoms with Crippen LogP contribution in [0.1, 0.15) is 40.5 Å². The number of nitrogens with two attached hydrogens (primary N) is 1. The third-order valence-corrected chi connectivity index (χ3v) is 4.47. The first-order valence-electron chi connectivity index (χ1n) is 7.34. The van der Waals surface area contributed by atoms with Crippen LogP contribution in [0.2, 0.25) is 0 Å². The highest BCUT2D eigenvalue weighted by atomic mass is 16.5. The van der Waals surface area contributed by atoms with Crippen LogP contribution in [0.25, 0.3) is 0 Å². The summed E-state index contributed by atoms with van der Waals surface area (Å²) in [5.41, 5.74) is 5.37. The van der Waals surface area contributed by atoms with E-state index in [0.717, 1.165) is 19.4 Å². The largest absolute Gasteiger partial charge is 0.469 e. The maximum Gasteiger partial charge on any atom is 0.311 e. The van der Waals surface area contributed by atoms with Crippen molar-refractivity contribution in [3.05, 3.63) is 0 Å². The van der Waals surface area contributed by atoms with Gasteiger partial charge in [-0.2, -0.15) is 0 Å². The van der Waals surface area contributed by atoms with Gasteiger partial charge in [-0.3, -0.25) is 9.59 Å². The smallest absolute Gasteiger partial charge is 0.311 e. The van der Waals surface area contributed by atoms with Crippen LogP contribution in [0.3, 0.4) is 0 Å². The molecule has 0 aromatic heterocycles. The van der Waals surface area contributed by atoms with Crippen molar-refractivity contribution in [2.24, 2.45) is 23.0 Å². The van der Waals surface area contributed by atoms with E-state index in [1.807, 2.05) is 32.6 Å². The van der Waals surface area contributed by atoms with Gasteiger partial charge in [-0.05, 0) is 38.5 Å². The molecule has 2 atom stereocenters. The second-order valence-electron chi connectivity index (χ2n) is 6.61. The SMILES string of the molecule is COC(=O)C(C)(C)[C@H]1CCCN(C(=O)[C@@H](N)C(C)C)C1. The van der Waals surface area contributed by atoms with E-state index in [1.54, 1.807) is 0 Å². The van der Waals surface area contributed by atoms with E-state index in [2.05, 4.69) is 0 Å². The Morgan fingerprint density at radius 3 is 2.45 bits per heavy atom.